The molecule has 1 N–H and O–H groups in total. The highest BCUT2D eigenvalue weighted by Gasteiger charge is 2.20. The molecule has 2 aromatic heterocycles. The molecule has 25 heavy (non-hydrogen) atoms. The molecule has 0 bridgehead atoms. The van der Waals surface area contributed by atoms with Crippen molar-refractivity contribution in [1.82, 2.24) is 9.55 Å². The topological polar surface area (TPSA) is 97.0 Å². The number of nitriles is 1. The maximum absolute atomic E-state index is 12.7. The van der Waals surface area contributed by atoms with Gasteiger partial charge in [-0.3, -0.25) is 9.59 Å². The number of carbonyl (C=O) groups excluding carboxylic acids is 1. The third-order valence-electron chi connectivity index (χ3n) is 4.16. The van der Waals surface area contributed by atoms with E-state index in [1.165, 1.54) is 16.8 Å². The molecule has 1 amide bonds. The Morgan fingerprint density at radius 2 is 2.32 bits per heavy atom. The average molecular weight is 338 g/mol. The van der Waals surface area contributed by atoms with Gasteiger partial charge < -0.3 is 14.6 Å². The first-order valence-corrected chi connectivity index (χ1v) is 8.07. The predicted molar refractivity (Wildman–Crippen MR) is 91.3 cm³/mol. The fraction of sp³-hybridized carbons (Fsp3) is 0.333. The van der Waals surface area contributed by atoms with Crippen LogP contribution in [0.15, 0.2) is 35.4 Å². The molecule has 128 valence electrons. The van der Waals surface area contributed by atoms with E-state index < -0.39 is 5.91 Å². The van der Waals surface area contributed by atoms with Crippen molar-refractivity contribution in [3.05, 3.63) is 57.8 Å². The summed E-state index contributed by atoms with van der Waals surface area (Å²) >= 11 is 0. The molecule has 7 nitrogen and oxygen atoms in total. The first-order chi connectivity index (χ1) is 12.1. The molecule has 1 aliphatic heterocycles. The molecule has 7 heteroatoms. The van der Waals surface area contributed by atoms with Crippen molar-refractivity contribution in [3.63, 3.8) is 0 Å². The standard InChI is InChI=1S/C18H18N4O3/c1-12-6-7-22(11-15-3-2-8-25-15)18(24)16(12)17(23)21-14-5-4-13(9-19)20-10-14/h4-7,10,15H,2-3,8,11H2,1H3,(H,21,23). The molecule has 0 radical (unpaired) electrons. The fourth-order valence-electron chi connectivity index (χ4n) is 2.82. The summed E-state index contributed by atoms with van der Waals surface area (Å²) in [4.78, 5) is 29.1. The van der Waals surface area contributed by atoms with Crippen LogP contribution >= 0.6 is 0 Å². The van der Waals surface area contributed by atoms with Crippen molar-refractivity contribution >= 4 is 11.6 Å². The Morgan fingerprint density at radius 1 is 1.48 bits per heavy atom. The maximum atomic E-state index is 12.7. The van der Waals surface area contributed by atoms with Crippen LogP contribution < -0.4 is 10.9 Å². The second kappa shape index (κ2) is 7.28. The van der Waals surface area contributed by atoms with Gasteiger partial charge >= 0.3 is 0 Å². The maximum Gasteiger partial charge on any atom is 0.263 e. The third kappa shape index (κ3) is 3.75. The lowest BCUT2D eigenvalue weighted by Gasteiger charge is -2.14. The van der Waals surface area contributed by atoms with E-state index in [2.05, 4.69) is 10.3 Å². The number of hydrogen-bond donors (Lipinski definition) is 1. The Kier molecular flexibility index (Phi) is 4.91. The van der Waals surface area contributed by atoms with Crippen LogP contribution in [0, 0.1) is 18.3 Å². The normalized spacial score (nSPS) is 16.4. The highest BCUT2D eigenvalue weighted by atomic mass is 16.5. The second-order valence-electron chi connectivity index (χ2n) is 5.96. The molecule has 1 aliphatic rings. The summed E-state index contributed by atoms with van der Waals surface area (Å²) in [5.41, 5.74) is 1.05. The summed E-state index contributed by atoms with van der Waals surface area (Å²) in [7, 11) is 0. The van der Waals surface area contributed by atoms with E-state index in [-0.39, 0.29) is 22.9 Å². The second-order valence-corrected chi connectivity index (χ2v) is 5.96. The summed E-state index contributed by atoms with van der Waals surface area (Å²) in [5.74, 6) is -0.490. The molecule has 2 aromatic rings. The van der Waals surface area contributed by atoms with E-state index in [0.29, 0.717) is 24.4 Å². The molecule has 0 saturated carbocycles. The van der Waals surface area contributed by atoms with Gasteiger partial charge in [0.15, 0.2) is 0 Å². The van der Waals surface area contributed by atoms with Gasteiger partial charge in [-0.25, -0.2) is 4.98 Å². The molecule has 0 aliphatic carbocycles. The van der Waals surface area contributed by atoms with Crippen LogP contribution in [0.25, 0.3) is 0 Å². The Labute approximate surface area is 144 Å². The number of rotatable bonds is 4. The van der Waals surface area contributed by atoms with Crippen molar-refractivity contribution in [2.45, 2.75) is 32.4 Å². The Bertz CT molecular complexity index is 875. The molecule has 3 heterocycles. The van der Waals surface area contributed by atoms with Crippen LogP contribution in [0.1, 0.15) is 34.5 Å². The smallest absolute Gasteiger partial charge is 0.263 e. The molecule has 1 saturated heterocycles. The molecular formula is C18H18N4O3. The summed E-state index contributed by atoms with van der Waals surface area (Å²) in [5, 5.41) is 11.4. The number of amides is 1. The Balaban J connectivity index is 1.83. The monoisotopic (exact) mass is 338 g/mol. The largest absolute Gasteiger partial charge is 0.376 e. The number of hydrogen-bond acceptors (Lipinski definition) is 5. The van der Waals surface area contributed by atoms with Gasteiger partial charge in [-0.2, -0.15) is 5.26 Å². The minimum atomic E-state index is -0.490. The van der Waals surface area contributed by atoms with Crippen LogP contribution in [0.5, 0.6) is 0 Å². The fourth-order valence-corrected chi connectivity index (χ4v) is 2.82. The van der Waals surface area contributed by atoms with Crippen molar-refractivity contribution < 1.29 is 9.53 Å². The number of aryl methyl sites for hydroxylation is 1. The van der Waals surface area contributed by atoms with E-state index in [9.17, 15) is 9.59 Å². The number of aromatic nitrogens is 2. The average Bonchev–Trinajstić information content (AvgIpc) is 3.11. The van der Waals surface area contributed by atoms with E-state index in [1.54, 1.807) is 25.3 Å². The van der Waals surface area contributed by atoms with Gasteiger partial charge in [-0.15, -0.1) is 0 Å². The quantitative estimate of drug-likeness (QED) is 0.917. The summed E-state index contributed by atoms with van der Waals surface area (Å²) < 4.78 is 7.09. The lowest BCUT2D eigenvalue weighted by Crippen LogP contribution is -2.32. The van der Waals surface area contributed by atoms with E-state index >= 15 is 0 Å². The minimum absolute atomic E-state index is 0.0130. The van der Waals surface area contributed by atoms with Crippen LogP contribution in [-0.4, -0.2) is 28.2 Å². The zero-order chi connectivity index (χ0) is 17.8. The number of nitrogens with zero attached hydrogens (tertiary/aromatic N) is 3. The number of pyridine rings is 2. The van der Waals surface area contributed by atoms with Crippen LogP contribution in [0.4, 0.5) is 5.69 Å². The van der Waals surface area contributed by atoms with Crippen LogP contribution in [-0.2, 0) is 11.3 Å². The van der Waals surface area contributed by atoms with Gasteiger partial charge in [-0.05, 0) is 43.5 Å². The summed E-state index contributed by atoms with van der Waals surface area (Å²) in [6, 6.07) is 6.74. The van der Waals surface area contributed by atoms with Crippen molar-refractivity contribution in [1.29, 1.82) is 5.26 Å². The van der Waals surface area contributed by atoms with Crippen LogP contribution in [0.2, 0.25) is 0 Å². The SMILES string of the molecule is Cc1ccn(CC2CCCO2)c(=O)c1C(=O)Nc1ccc(C#N)nc1. The van der Waals surface area contributed by atoms with Gasteiger partial charge in [0.05, 0.1) is 24.5 Å². The van der Waals surface area contributed by atoms with Gasteiger partial charge in [0.25, 0.3) is 11.5 Å². The molecule has 3 rings (SSSR count). The number of nitrogens with one attached hydrogen (secondary N) is 1. The number of carbonyl (C=O) groups is 1. The van der Waals surface area contributed by atoms with E-state index in [1.807, 2.05) is 6.07 Å². The zero-order valence-electron chi connectivity index (χ0n) is 13.9. The molecule has 0 spiro atoms. The van der Waals surface area contributed by atoms with E-state index in [0.717, 1.165) is 12.8 Å². The minimum Gasteiger partial charge on any atom is -0.376 e. The Hall–Kier alpha value is -2.98. The van der Waals surface area contributed by atoms with Gasteiger partial charge in [0.1, 0.15) is 17.3 Å². The lowest BCUT2D eigenvalue weighted by atomic mass is 10.1. The first-order valence-electron chi connectivity index (χ1n) is 8.07. The molecule has 0 aromatic carbocycles. The molecule has 1 unspecified atom stereocenters. The highest BCUT2D eigenvalue weighted by molar-refractivity contribution is 6.04. The molecule has 1 fully saturated rings. The summed E-state index contributed by atoms with van der Waals surface area (Å²) in [6.07, 6.45) is 5.00. The first kappa shape index (κ1) is 16.9. The van der Waals surface area contributed by atoms with Crippen molar-refractivity contribution in [2.75, 3.05) is 11.9 Å². The van der Waals surface area contributed by atoms with Gasteiger partial charge in [0.2, 0.25) is 0 Å². The lowest BCUT2D eigenvalue weighted by molar-refractivity contribution is 0.0952. The molecular weight excluding hydrogens is 320 g/mol. The zero-order valence-corrected chi connectivity index (χ0v) is 13.9. The Morgan fingerprint density at radius 3 is 2.96 bits per heavy atom. The highest BCUT2D eigenvalue weighted by Crippen LogP contribution is 2.14. The molecule has 1 atom stereocenters. The van der Waals surface area contributed by atoms with Gasteiger partial charge in [-0.1, -0.05) is 0 Å². The van der Waals surface area contributed by atoms with Crippen molar-refractivity contribution in [2.24, 2.45) is 0 Å². The van der Waals surface area contributed by atoms with Crippen molar-refractivity contribution in [3.8, 4) is 6.07 Å². The predicted octanol–water partition coefficient (Wildman–Crippen LogP) is 1.85. The van der Waals surface area contributed by atoms with E-state index in [4.69, 9.17) is 10.00 Å². The third-order valence-corrected chi connectivity index (χ3v) is 4.16. The van der Waals surface area contributed by atoms with Gasteiger partial charge in [0, 0.05) is 12.8 Å². The summed E-state index contributed by atoms with van der Waals surface area (Å²) in [6.45, 7) is 2.88. The number of ether oxygens (including phenoxy) is 1. The van der Waals surface area contributed by atoms with Crippen LogP contribution in [0.3, 0.4) is 0 Å². The number of anilines is 1.